The molecule has 128 valence electrons. The summed E-state index contributed by atoms with van der Waals surface area (Å²) in [5, 5.41) is 5.41. The van der Waals surface area contributed by atoms with Gasteiger partial charge >= 0.3 is 5.97 Å². The fraction of sp³-hybridized carbons (Fsp3) is 0.333. The first kappa shape index (κ1) is 15.6. The van der Waals surface area contributed by atoms with Gasteiger partial charge < -0.3 is 9.64 Å². The fourth-order valence-electron chi connectivity index (χ4n) is 3.34. The Balaban J connectivity index is 1.64. The number of anilines is 1. The second kappa shape index (κ2) is 6.51. The van der Waals surface area contributed by atoms with Gasteiger partial charge in [-0.15, -0.1) is 0 Å². The van der Waals surface area contributed by atoms with Crippen molar-refractivity contribution >= 4 is 22.8 Å². The number of rotatable bonds is 3. The van der Waals surface area contributed by atoms with E-state index in [1.54, 1.807) is 6.33 Å². The number of ether oxygens (including phenoxy) is 1. The number of hydrogen-bond donors (Lipinski definition) is 0. The molecule has 0 aliphatic carbocycles. The molecule has 1 aliphatic heterocycles. The van der Waals surface area contributed by atoms with Crippen LogP contribution in [0, 0.1) is 5.92 Å². The molecule has 1 aromatic carbocycles. The summed E-state index contributed by atoms with van der Waals surface area (Å²) in [6, 6.07) is 9.91. The minimum atomic E-state index is -0.121. The number of para-hydroxylation sites is 1. The van der Waals surface area contributed by atoms with Gasteiger partial charge in [-0.2, -0.15) is 5.10 Å². The summed E-state index contributed by atoms with van der Waals surface area (Å²) in [5.41, 5.74) is 1.75. The predicted molar refractivity (Wildman–Crippen MR) is 93.6 cm³/mol. The van der Waals surface area contributed by atoms with E-state index in [2.05, 4.69) is 20.0 Å². The molecule has 7 heteroatoms. The number of methoxy groups -OCH3 is 1. The number of nitrogens with zero attached hydrogens (tertiary/aromatic N) is 5. The maximum Gasteiger partial charge on any atom is 0.308 e. The van der Waals surface area contributed by atoms with Crippen LogP contribution in [0.4, 0.5) is 5.82 Å². The Kier molecular flexibility index (Phi) is 4.05. The maximum absolute atomic E-state index is 11.7. The van der Waals surface area contributed by atoms with E-state index < -0.39 is 0 Å². The lowest BCUT2D eigenvalue weighted by Crippen LogP contribution is -2.37. The molecule has 0 radical (unpaired) electrons. The van der Waals surface area contributed by atoms with Gasteiger partial charge in [-0.25, -0.2) is 14.6 Å². The SMILES string of the molecule is COC(=O)C1CCN(c2ncnc3c2cnn3-c2ccccc2)CC1. The van der Waals surface area contributed by atoms with Gasteiger partial charge in [0.1, 0.15) is 12.1 Å². The van der Waals surface area contributed by atoms with E-state index in [0.717, 1.165) is 48.5 Å². The van der Waals surface area contributed by atoms with Gasteiger partial charge in [0, 0.05) is 13.1 Å². The first-order valence-corrected chi connectivity index (χ1v) is 8.35. The van der Waals surface area contributed by atoms with Crippen LogP contribution in [-0.2, 0) is 9.53 Å². The van der Waals surface area contributed by atoms with Crippen molar-refractivity contribution in [1.82, 2.24) is 19.7 Å². The zero-order valence-electron chi connectivity index (χ0n) is 14.0. The molecule has 4 rings (SSSR count). The normalized spacial score (nSPS) is 15.5. The van der Waals surface area contributed by atoms with Crippen LogP contribution in [0.5, 0.6) is 0 Å². The Morgan fingerprint density at radius 3 is 2.64 bits per heavy atom. The molecule has 25 heavy (non-hydrogen) atoms. The molecule has 0 bridgehead atoms. The minimum Gasteiger partial charge on any atom is -0.469 e. The quantitative estimate of drug-likeness (QED) is 0.682. The molecule has 1 fully saturated rings. The Bertz CT molecular complexity index is 885. The fourth-order valence-corrected chi connectivity index (χ4v) is 3.34. The number of fused-ring (bicyclic) bond motifs is 1. The van der Waals surface area contributed by atoms with Crippen molar-refractivity contribution in [1.29, 1.82) is 0 Å². The highest BCUT2D eigenvalue weighted by Gasteiger charge is 2.27. The molecule has 1 saturated heterocycles. The zero-order valence-corrected chi connectivity index (χ0v) is 14.0. The lowest BCUT2D eigenvalue weighted by atomic mass is 9.97. The molecular formula is C18H19N5O2. The highest BCUT2D eigenvalue weighted by molar-refractivity contribution is 5.87. The van der Waals surface area contributed by atoms with Crippen LogP contribution in [0.2, 0.25) is 0 Å². The maximum atomic E-state index is 11.7. The first-order valence-electron chi connectivity index (χ1n) is 8.35. The zero-order chi connectivity index (χ0) is 17.2. The van der Waals surface area contributed by atoms with Crippen LogP contribution in [0.1, 0.15) is 12.8 Å². The number of aromatic nitrogens is 4. The van der Waals surface area contributed by atoms with Crippen molar-refractivity contribution in [3.63, 3.8) is 0 Å². The Morgan fingerprint density at radius 1 is 1.16 bits per heavy atom. The van der Waals surface area contributed by atoms with Crippen molar-refractivity contribution in [3.05, 3.63) is 42.9 Å². The molecular weight excluding hydrogens is 318 g/mol. The molecule has 3 heterocycles. The van der Waals surface area contributed by atoms with Gasteiger partial charge in [0.05, 0.1) is 30.3 Å². The Hall–Kier alpha value is -2.96. The summed E-state index contributed by atoms with van der Waals surface area (Å²) >= 11 is 0. The van der Waals surface area contributed by atoms with Crippen molar-refractivity contribution in [2.75, 3.05) is 25.1 Å². The topological polar surface area (TPSA) is 73.1 Å². The second-order valence-corrected chi connectivity index (χ2v) is 6.11. The molecule has 0 saturated carbocycles. The van der Waals surface area contributed by atoms with E-state index in [9.17, 15) is 4.79 Å². The summed E-state index contributed by atoms with van der Waals surface area (Å²) in [6.07, 6.45) is 4.92. The lowest BCUT2D eigenvalue weighted by molar-refractivity contribution is -0.146. The van der Waals surface area contributed by atoms with Crippen LogP contribution < -0.4 is 4.90 Å². The number of carbonyl (C=O) groups is 1. The summed E-state index contributed by atoms with van der Waals surface area (Å²) in [5.74, 6) is 0.727. The summed E-state index contributed by atoms with van der Waals surface area (Å²) in [4.78, 5) is 22.8. The second-order valence-electron chi connectivity index (χ2n) is 6.11. The number of hydrogen-bond acceptors (Lipinski definition) is 6. The number of esters is 1. The van der Waals surface area contributed by atoms with E-state index in [0.29, 0.717) is 0 Å². The molecule has 0 unspecified atom stereocenters. The Labute approximate surface area is 145 Å². The molecule has 0 atom stereocenters. The van der Waals surface area contributed by atoms with Gasteiger partial charge in [-0.1, -0.05) is 18.2 Å². The summed E-state index contributed by atoms with van der Waals surface area (Å²) in [7, 11) is 1.45. The average Bonchev–Trinajstić information content (AvgIpc) is 3.12. The molecule has 3 aromatic rings. The van der Waals surface area contributed by atoms with Crippen LogP contribution >= 0.6 is 0 Å². The molecule has 2 aromatic heterocycles. The number of benzene rings is 1. The first-order chi connectivity index (χ1) is 12.3. The summed E-state index contributed by atoms with van der Waals surface area (Å²) < 4.78 is 6.68. The number of carbonyl (C=O) groups excluding carboxylic acids is 1. The highest BCUT2D eigenvalue weighted by Crippen LogP contribution is 2.28. The van der Waals surface area contributed by atoms with Crippen molar-refractivity contribution in [2.24, 2.45) is 5.92 Å². The van der Waals surface area contributed by atoms with E-state index in [1.165, 1.54) is 7.11 Å². The Morgan fingerprint density at radius 2 is 1.92 bits per heavy atom. The monoisotopic (exact) mass is 337 g/mol. The lowest BCUT2D eigenvalue weighted by Gasteiger charge is -2.31. The molecule has 7 nitrogen and oxygen atoms in total. The molecule has 0 amide bonds. The van der Waals surface area contributed by atoms with Gasteiger partial charge in [-0.3, -0.25) is 4.79 Å². The largest absolute Gasteiger partial charge is 0.469 e. The highest BCUT2D eigenvalue weighted by atomic mass is 16.5. The van der Waals surface area contributed by atoms with Crippen molar-refractivity contribution < 1.29 is 9.53 Å². The van der Waals surface area contributed by atoms with E-state index >= 15 is 0 Å². The average molecular weight is 337 g/mol. The number of piperidine rings is 1. The molecule has 1 aliphatic rings. The van der Waals surface area contributed by atoms with Gasteiger partial charge in [0.2, 0.25) is 0 Å². The van der Waals surface area contributed by atoms with Crippen LogP contribution in [-0.4, -0.2) is 45.9 Å². The van der Waals surface area contributed by atoms with Crippen molar-refractivity contribution in [2.45, 2.75) is 12.8 Å². The molecule has 0 N–H and O–H groups in total. The van der Waals surface area contributed by atoms with Crippen LogP contribution in [0.15, 0.2) is 42.9 Å². The third-order valence-electron chi connectivity index (χ3n) is 4.67. The minimum absolute atomic E-state index is 0.0226. The van der Waals surface area contributed by atoms with Crippen LogP contribution in [0.3, 0.4) is 0 Å². The van der Waals surface area contributed by atoms with Crippen molar-refractivity contribution in [3.8, 4) is 5.69 Å². The van der Waals surface area contributed by atoms with Gasteiger partial charge in [-0.05, 0) is 25.0 Å². The van der Waals surface area contributed by atoms with Gasteiger partial charge in [0.15, 0.2) is 5.65 Å². The van der Waals surface area contributed by atoms with E-state index in [-0.39, 0.29) is 11.9 Å². The molecule has 0 spiro atoms. The van der Waals surface area contributed by atoms with Gasteiger partial charge in [0.25, 0.3) is 0 Å². The smallest absolute Gasteiger partial charge is 0.308 e. The standard InChI is InChI=1S/C18H19N5O2/c1-25-18(24)13-7-9-22(10-8-13)16-15-11-21-23(17(15)20-12-19-16)14-5-3-2-4-6-14/h2-6,11-13H,7-10H2,1H3. The van der Waals surface area contributed by atoms with E-state index in [4.69, 9.17) is 4.74 Å². The van der Waals surface area contributed by atoms with Crippen LogP contribution in [0.25, 0.3) is 16.7 Å². The third kappa shape index (κ3) is 2.82. The summed E-state index contributed by atoms with van der Waals surface area (Å²) in [6.45, 7) is 1.53. The predicted octanol–water partition coefficient (Wildman–Crippen LogP) is 2.20. The third-order valence-corrected chi connectivity index (χ3v) is 4.67. The van der Waals surface area contributed by atoms with E-state index in [1.807, 2.05) is 41.2 Å².